The van der Waals surface area contributed by atoms with E-state index >= 15 is 0 Å². The Morgan fingerprint density at radius 3 is 2.88 bits per heavy atom. The third-order valence-electron chi connectivity index (χ3n) is 4.67. The lowest BCUT2D eigenvalue weighted by Gasteiger charge is -2.29. The van der Waals surface area contributed by atoms with Crippen LogP contribution in [0.25, 0.3) is 0 Å². The maximum Gasteiger partial charge on any atom is 0.251 e. The van der Waals surface area contributed by atoms with Crippen LogP contribution in [0.3, 0.4) is 0 Å². The molecule has 0 aliphatic carbocycles. The molecule has 132 valence electrons. The molecule has 1 fully saturated rings. The molecule has 1 unspecified atom stereocenters. The van der Waals surface area contributed by atoms with Crippen LogP contribution in [0.15, 0.2) is 23.1 Å². The van der Waals surface area contributed by atoms with Crippen LogP contribution in [-0.4, -0.2) is 53.2 Å². The summed E-state index contributed by atoms with van der Waals surface area (Å²) < 4.78 is 33.1. The number of benzene rings is 1. The number of carbonyl (C=O) groups is 1. The number of amides is 1. The third-order valence-corrected chi connectivity index (χ3v) is 6.07. The first-order valence-electron chi connectivity index (χ1n) is 8.11. The summed E-state index contributed by atoms with van der Waals surface area (Å²) in [4.78, 5) is 12.0. The highest BCUT2D eigenvalue weighted by atomic mass is 32.2. The fourth-order valence-corrected chi connectivity index (χ4v) is 4.50. The van der Waals surface area contributed by atoms with Crippen molar-refractivity contribution in [2.24, 2.45) is 0 Å². The molecule has 1 atom stereocenters. The van der Waals surface area contributed by atoms with Crippen molar-refractivity contribution < 1.29 is 17.9 Å². The van der Waals surface area contributed by atoms with E-state index in [4.69, 9.17) is 4.74 Å². The van der Waals surface area contributed by atoms with E-state index < -0.39 is 10.0 Å². The molecule has 1 aromatic rings. The Morgan fingerprint density at radius 1 is 1.33 bits per heavy atom. The minimum absolute atomic E-state index is 0.115. The lowest BCUT2D eigenvalue weighted by atomic mass is 9.99. The fraction of sp³-hybridized carbons (Fsp3) is 0.562. The zero-order chi connectivity index (χ0) is 17.2. The molecule has 7 nitrogen and oxygen atoms in total. The van der Waals surface area contributed by atoms with Crippen molar-refractivity contribution >= 4 is 15.9 Å². The van der Waals surface area contributed by atoms with Crippen LogP contribution in [0.5, 0.6) is 0 Å². The van der Waals surface area contributed by atoms with E-state index in [1.807, 2.05) is 0 Å². The second kappa shape index (κ2) is 6.79. The molecular formula is C16H23N3O4S. The Labute approximate surface area is 142 Å². The van der Waals surface area contributed by atoms with E-state index in [9.17, 15) is 13.2 Å². The third kappa shape index (κ3) is 3.46. The molecule has 2 heterocycles. The van der Waals surface area contributed by atoms with Gasteiger partial charge in [-0.25, -0.2) is 13.1 Å². The molecule has 0 bridgehead atoms. The second-order valence-electron chi connectivity index (χ2n) is 6.39. The van der Waals surface area contributed by atoms with Crippen LogP contribution < -0.4 is 15.4 Å². The van der Waals surface area contributed by atoms with Crippen LogP contribution in [-0.2, 0) is 21.2 Å². The SMILES string of the molecule is COCC1(CNS(=O)(=O)c2ccc3c(c2)C(=O)NCC3)CCCN1. The van der Waals surface area contributed by atoms with Crippen LogP contribution in [0.4, 0.5) is 0 Å². The van der Waals surface area contributed by atoms with Crippen molar-refractivity contribution in [1.29, 1.82) is 0 Å². The molecule has 2 aliphatic rings. The highest BCUT2D eigenvalue weighted by Gasteiger charge is 2.35. The summed E-state index contributed by atoms with van der Waals surface area (Å²) in [5.74, 6) is -0.221. The standard InChI is InChI=1S/C16H23N3O4S/c1-23-11-16(6-2-7-18-16)10-19-24(21,22)13-4-3-12-5-8-17-15(20)14(12)9-13/h3-4,9,18-19H,2,5-8,10-11H2,1H3,(H,17,20). The van der Waals surface area contributed by atoms with Crippen LogP contribution in [0.2, 0.25) is 0 Å². The summed E-state index contributed by atoms with van der Waals surface area (Å²) in [5.41, 5.74) is 0.952. The molecular weight excluding hydrogens is 330 g/mol. The normalized spacial score (nSPS) is 23.8. The molecule has 3 N–H and O–H groups in total. The molecule has 1 aromatic carbocycles. The summed E-state index contributed by atoms with van der Waals surface area (Å²) in [6.07, 6.45) is 2.57. The molecule has 24 heavy (non-hydrogen) atoms. The summed E-state index contributed by atoms with van der Waals surface area (Å²) in [5, 5.41) is 6.07. The topological polar surface area (TPSA) is 96.5 Å². The highest BCUT2D eigenvalue weighted by molar-refractivity contribution is 7.89. The molecule has 1 saturated heterocycles. The first-order valence-corrected chi connectivity index (χ1v) is 9.59. The monoisotopic (exact) mass is 353 g/mol. The first-order chi connectivity index (χ1) is 11.5. The van der Waals surface area contributed by atoms with Crippen molar-refractivity contribution in [3.05, 3.63) is 29.3 Å². The molecule has 0 spiro atoms. The summed E-state index contributed by atoms with van der Waals surface area (Å²) in [6, 6.07) is 4.74. The Kier molecular flexibility index (Phi) is 4.91. The summed E-state index contributed by atoms with van der Waals surface area (Å²) in [6.45, 7) is 2.14. The minimum atomic E-state index is -3.69. The van der Waals surface area contributed by atoms with Crippen LogP contribution in [0, 0.1) is 0 Å². The van der Waals surface area contributed by atoms with Gasteiger partial charge in [0, 0.05) is 25.8 Å². The summed E-state index contributed by atoms with van der Waals surface area (Å²) in [7, 11) is -2.08. The molecule has 3 rings (SSSR count). The van der Waals surface area contributed by atoms with Gasteiger partial charge in [-0.05, 0) is 43.5 Å². The highest BCUT2D eigenvalue weighted by Crippen LogP contribution is 2.22. The van der Waals surface area contributed by atoms with Gasteiger partial charge in [-0.2, -0.15) is 0 Å². The maximum absolute atomic E-state index is 12.6. The molecule has 0 aromatic heterocycles. The fourth-order valence-electron chi connectivity index (χ4n) is 3.34. The number of fused-ring (bicyclic) bond motifs is 1. The number of methoxy groups -OCH3 is 1. The van der Waals surface area contributed by atoms with Crippen molar-refractivity contribution in [2.45, 2.75) is 29.7 Å². The van der Waals surface area contributed by atoms with Gasteiger partial charge in [0.1, 0.15) is 0 Å². The number of carbonyl (C=O) groups excluding carboxylic acids is 1. The lowest BCUT2D eigenvalue weighted by Crippen LogP contribution is -2.52. The van der Waals surface area contributed by atoms with Gasteiger partial charge in [-0.1, -0.05) is 6.07 Å². The smallest absolute Gasteiger partial charge is 0.251 e. The number of rotatable bonds is 6. The maximum atomic E-state index is 12.6. The van der Waals surface area contributed by atoms with Gasteiger partial charge in [0.15, 0.2) is 0 Å². The van der Waals surface area contributed by atoms with Gasteiger partial charge >= 0.3 is 0 Å². The lowest BCUT2D eigenvalue weighted by molar-refractivity contribution is 0.0945. The van der Waals surface area contributed by atoms with E-state index in [1.165, 1.54) is 6.07 Å². The second-order valence-corrected chi connectivity index (χ2v) is 8.16. The Bertz CT molecular complexity index is 727. The van der Waals surface area contributed by atoms with E-state index in [0.717, 1.165) is 31.4 Å². The van der Waals surface area contributed by atoms with Gasteiger partial charge in [-0.3, -0.25) is 4.79 Å². The number of hydrogen-bond acceptors (Lipinski definition) is 5. The van der Waals surface area contributed by atoms with Gasteiger partial charge < -0.3 is 15.4 Å². The molecule has 0 saturated carbocycles. The van der Waals surface area contributed by atoms with E-state index in [-0.39, 0.29) is 22.9 Å². The van der Waals surface area contributed by atoms with Gasteiger partial charge in [0.25, 0.3) is 5.91 Å². The Morgan fingerprint density at radius 2 is 2.17 bits per heavy atom. The van der Waals surface area contributed by atoms with Crippen molar-refractivity contribution in [2.75, 3.05) is 33.4 Å². The zero-order valence-electron chi connectivity index (χ0n) is 13.7. The average Bonchev–Trinajstić information content (AvgIpc) is 3.03. The molecule has 0 radical (unpaired) electrons. The quantitative estimate of drug-likeness (QED) is 0.670. The van der Waals surface area contributed by atoms with Gasteiger partial charge in [-0.15, -0.1) is 0 Å². The first kappa shape index (κ1) is 17.3. The number of sulfonamides is 1. The molecule has 1 amide bonds. The van der Waals surface area contributed by atoms with E-state index in [0.29, 0.717) is 18.7 Å². The van der Waals surface area contributed by atoms with Crippen LogP contribution >= 0.6 is 0 Å². The minimum Gasteiger partial charge on any atom is -0.383 e. The molecule has 2 aliphatic heterocycles. The predicted molar refractivity (Wildman–Crippen MR) is 89.5 cm³/mol. The van der Waals surface area contributed by atoms with Crippen molar-refractivity contribution in [1.82, 2.24) is 15.4 Å². The summed E-state index contributed by atoms with van der Waals surface area (Å²) >= 11 is 0. The largest absolute Gasteiger partial charge is 0.383 e. The van der Waals surface area contributed by atoms with Gasteiger partial charge in [0.2, 0.25) is 10.0 Å². The van der Waals surface area contributed by atoms with Crippen molar-refractivity contribution in [3.63, 3.8) is 0 Å². The number of hydrogen-bond donors (Lipinski definition) is 3. The van der Waals surface area contributed by atoms with Crippen LogP contribution in [0.1, 0.15) is 28.8 Å². The zero-order valence-corrected chi connectivity index (χ0v) is 14.5. The van der Waals surface area contributed by atoms with E-state index in [2.05, 4.69) is 15.4 Å². The van der Waals surface area contributed by atoms with Gasteiger partial charge in [0.05, 0.1) is 17.0 Å². The number of ether oxygens (including phenoxy) is 1. The molecule has 8 heteroatoms. The Balaban J connectivity index is 1.78. The Hall–Kier alpha value is -1.48. The van der Waals surface area contributed by atoms with E-state index in [1.54, 1.807) is 19.2 Å². The number of nitrogens with one attached hydrogen (secondary N) is 3. The van der Waals surface area contributed by atoms with Crippen molar-refractivity contribution in [3.8, 4) is 0 Å². The average molecular weight is 353 g/mol. The predicted octanol–water partition coefficient (Wildman–Crippen LogP) is 0.0194.